The fraction of sp³-hybridized carbons (Fsp3) is 0.462. The highest BCUT2D eigenvalue weighted by Gasteiger charge is 2.26. The van der Waals surface area contributed by atoms with Crippen LogP contribution in [0.3, 0.4) is 0 Å². The van der Waals surface area contributed by atoms with E-state index < -0.39 is 0 Å². The van der Waals surface area contributed by atoms with Gasteiger partial charge < -0.3 is 5.32 Å². The summed E-state index contributed by atoms with van der Waals surface area (Å²) >= 11 is 12.1. The van der Waals surface area contributed by atoms with E-state index in [1.807, 2.05) is 6.92 Å². The Labute approximate surface area is 111 Å². The molecule has 4 heteroatoms. The normalized spacial score (nSPS) is 23.7. The Hall–Kier alpha value is -0.730. The molecule has 0 spiro atoms. The molecule has 2 rings (SSSR count). The molecule has 0 heterocycles. The minimum Gasteiger partial charge on any atom is -0.348 e. The van der Waals surface area contributed by atoms with Crippen molar-refractivity contribution in [1.82, 2.24) is 5.32 Å². The molecule has 1 fully saturated rings. The third-order valence-corrected chi connectivity index (χ3v) is 4.11. The molecule has 1 aromatic rings. The molecule has 0 aromatic heterocycles. The summed E-state index contributed by atoms with van der Waals surface area (Å²) in [4.78, 5) is 12.0. The second-order valence-corrected chi connectivity index (χ2v) is 5.46. The number of carbonyl (C=O) groups is 1. The number of aryl methyl sites for hydroxylation is 1. The number of carbonyl (C=O) groups excluding carboxylic acids is 1. The van der Waals surface area contributed by atoms with Crippen LogP contribution in [0.4, 0.5) is 0 Å². The lowest BCUT2D eigenvalue weighted by atomic mass is 10.1. The molecule has 92 valence electrons. The van der Waals surface area contributed by atoms with Crippen molar-refractivity contribution in [3.8, 4) is 0 Å². The van der Waals surface area contributed by atoms with Crippen LogP contribution in [-0.2, 0) is 0 Å². The van der Waals surface area contributed by atoms with E-state index >= 15 is 0 Å². The number of amides is 1. The van der Waals surface area contributed by atoms with Gasteiger partial charge in [0.2, 0.25) is 0 Å². The zero-order chi connectivity index (χ0) is 12.4. The highest BCUT2D eigenvalue weighted by molar-refractivity contribution is 6.31. The summed E-state index contributed by atoms with van der Waals surface area (Å²) in [5.41, 5.74) is 1.55. The predicted octanol–water partition coefficient (Wildman–Crippen LogP) is 3.54. The molecular weight excluding hydrogens is 257 g/mol. The molecule has 1 aromatic carbocycles. The van der Waals surface area contributed by atoms with Crippen molar-refractivity contribution in [3.63, 3.8) is 0 Å². The van der Waals surface area contributed by atoms with Crippen LogP contribution in [-0.4, -0.2) is 17.3 Å². The average molecular weight is 272 g/mol. The van der Waals surface area contributed by atoms with Crippen molar-refractivity contribution in [3.05, 3.63) is 34.3 Å². The smallest absolute Gasteiger partial charge is 0.251 e. The van der Waals surface area contributed by atoms with E-state index in [-0.39, 0.29) is 17.3 Å². The molecule has 1 aliphatic carbocycles. The lowest BCUT2D eigenvalue weighted by molar-refractivity contribution is 0.0938. The van der Waals surface area contributed by atoms with Gasteiger partial charge in [-0.1, -0.05) is 11.6 Å². The number of nitrogens with one attached hydrogen (secondary N) is 1. The van der Waals surface area contributed by atoms with Crippen LogP contribution >= 0.6 is 23.2 Å². The molecule has 0 aliphatic heterocycles. The standard InChI is InChI=1S/C13H15Cl2NO/c1-8-7-9(5-6-10(8)14)13(17)16-12-4-2-3-11(12)15/h5-7,11-12H,2-4H2,1H3,(H,16,17). The van der Waals surface area contributed by atoms with Crippen molar-refractivity contribution in [2.24, 2.45) is 0 Å². The summed E-state index contributed by atoms with van der Waals surface area (Å²) in [5, 5.41) is 3.72. The van der Waals surface area contributed by atoms with E-state index in [2.05, 4.69) is 5.32 Å². The first-order valence-electron chi connectivity index (χ1n) is 5.79. The molecule has 1 N–H and O–H groups in total. The van der Waals surface area contributed by atoms with Crippen LogP contribution < -0.4 is 5.32 Å². The molecule has 1 saturated carbocycles. The van der Waals surface area contributed by atoms with Gasteiger partial charge in [-0.3, -0.25) is 4.79 Å². The number of rotatable bonds is 2. The van der Waals surface area contributed by atoms with Gasteiger partial charge >= 0.3 is 0 Å². The van der Waals surface area contributed by atoms with Crippen LogP contribution in [0.1, 0.15) is 35.2 Å². The lowest BCUT2D eigenvalue weighted by Gasteiger charge is -2.16. The number of hydrogen-bond donors (Lipinski definition) is 1. The summed E-state index contributed by atoms with van der Waals surface area (Å²) in [7, 11) is 0. The Kier molecular flexibility index (Phi) is 3.95. The van der Waals surface area contributed by atoms with Crippen LogP contribution in [0, 0.1) is 6.92 Å². The minimum atomic E-state index is -0.0673. The van der Waals surface area contributed by atoms with Gasteiger partial charge in [0.1, 0.15) is 0 Å². The molecule has 0 saturated heterocycles. The van der Waals surface area contributed by atoms with E-state index in [9.17, 15) is 4.79 Å². The SMILES string of the molecule is Cc1cc(C(=O)NC2CCCC2Cl)ccc1Cl. The zero-order valence-corrected chi connectivity index (χ0v) is 11.2. The number of alkyl halides is 1. The summed E-state index contributed by atoms with van der Waals surface area (Å²) in [6, 6.07) is 5.39. The highest BCUT2D eigenvalue weighted by Crippen LogP contribution is 2.24. The van der Waals surface area contributed by atoms with E-state index in [1.54, 1.807) is 18.2 Å². The van der Waals surface area contributed by atoms with Gasteiger partial charge in [-0.15, -0.1) is 11.6 Å². The Morgan fingerprint density at radius 1 is 1.41 bits per heavy atom. The van der Waals surface area contributed by atoms with E-state index in [4.69, 9.17) is 23.2 Å². The van der Waals surface area contributed by atoms with Gasteiger partial charge in [-0.25, -0.2) is 0 Å². The first-order valence-corrected chi connectivity index (χ1v) is 6.60. The molecule has 1 aliphatic rings. The molecule has 0 bridgehead atoms. The summed E-state index contributed by atoms with van der Waals surface area (Å²) in [6.07, 6.45) is 3.03. The second-order valence-electron chi connectivity index (χ2n) is 4.49. The summed E-state index contributed by atoms with van der Waals surface area (Å²) in [6.45, 7) is 1.89. The molecule has 2 nitrogen and oxygen atoms in total. The Morgan fingerprint density at radius 2 is 2.18 bits per heavy atom. The van der Waals surface area contributed by atoms with Crippen molar-refractivity contribution < 1.29 is 4.79 Å². The zero-order valence-electron chi connectivity index (χ0n) is 9.67. The largest absolute Gasteiger partial charge is 0.348 e. The number of benzene rings is 1. The van der Waals surface area contributed by atoms with Crippen molar-refractivity contribution >= 4 is 29.1 Å². The maximum absolute atomic E-state index is 12.0. The van der Waals surface area contributed by atoms with E-state index in [0.717, 1.165) is 24.8 Å². The Bertz CT molecular complexity index is 433. The first-order chi connectivity index (χ1) is 8.08. The van der Waals surface area contributed by atoms with Crippen molar-refractivity contribution in [2.45, 2.75) is 37.6 Å². The van der Waals surface area contributed by atoms with Gasteiger partial charge in [-0.2, -0.15) is 0 Å². The first kappa shape index (κ1) is 12.7. The van der Waals surface area contributed by atoms with Crippen LogP contribution in [0.2, 0.25) is 5.02 Å². The molecule has 2 atom stereocenters. The molecule has 2 unspecified atom stereocenters. The quantitative estimate of drug-likeness (QED) is 0.820. The van der Waals surface area contributed by atoms with Crippen LogP contribution in [0.5, 0.6) is 0 Å². The monoisotopic (exact) mass is 271 g/mol. The Morgan fingerprint density at radius 3 is 2.76 bits per heavy atom. The molecule has 17 heavy (non-hydrogen) atoms. The van der Waals surface area contributed by atoms with E-state index in [1.165, 1.54) is 0 Å². The van der Waals surface area contributed by atoms with Gasteiger partial charge in [0.25, 0.3) is 5.91 Å². The number of halogens is 2. The number of hydrogen-bond acceptors (Lipinski definition) is 1. The lowest BCUT2D eigenvalue weighted by Crippen LogP contribution is -2.37. The van der Waals surface area contributed by atoms with Crippen LogP contribution in [0.25, 0.3) is 0 Å². The third kappa shape index (κ3) is 2.93. The van der Waals surface area contributed by atoms with Crippen molar-refractivity contribution in [1.29, 1.82) is 0 Å². The summed E-state index contributed by atoms with van der Waals surface area (Å²) < 4.78 is 0. The van der Waals surface area contributed by atoms with Gasteiger partial charge in [-0.05, 0) is 49.9 Å². The maximum atomic E-state index is 12.0. The second kappa shape index (κ2) is 5.28. The van der Waals surface area contributed by atoms with Gasteiger partial charge in [0, 0.05) is 16.6 Å². The Balaban J connectivity index is 2.06. The molecular formula is C13H15Cl2NO. The predicted molar refractivity (Wildman–Crippen MR) is 70.9 cm³/mol. The van der Waals surface area contributed by atoms with Crippen LogP contribution in [0.15, 0.2) is 18.2 Å². The van der Waals surface area contributed by atoms with Gasteiger partial charge in [0.05, 0.1) is 5.38 Å². The minimum absolute atomic E-state index is 0.0624. The van der Waals surface area contributed by atoms with E-state index in [0.29, 0.717) is 10.6 Å². The fourth-order valence-corrected chi connectivity index (χ4v) is 2.58. The third-order valence-electron chi connectivity index (χ3n) is 3.17. The van der Waals surface area contributed by atoms with Gasteiger partial charge in [0.15, 0.2) is 0 Å². The molecule has 0 radical (unpaired) electrons. The topological polar surface area (TPSA) is 29.1 Å². The summed E-state index contributed by atoms with van der Waals surface area (Å²) in [5.74, 6) is -0.0673. The maximum Gasteiger partial charge on any atom is 0.251 e. The average Bonchev–Trinajstić information content (AvgIpc) is 2.68. The van der Waals surface area contributed by atoms with Crippen molar-refractivity contribution in [2.75, 3.05) is 0 Å². The highest BCUT2D eigenvalue weighted by atomic mass is 35.5. The molecule has 1 amide bonds. The fourth-order valence-electron chi connectivity index (χ4n) is 2.12.